The van der Waals surface area contributed by atoms with Crippen molar-refractivity contribution < 1.29 is 19.1 Å². The molecule has 0 aliphatic heterocycles. The lowest BCUT2D eigenvalue weighted by Crippen LogP contribution is -2.29. The molecule has 0 fully saturated rings. The van der Waals surface area contributed by atoms with E-state index in [-0.39, 0.29) is 5.78 Å². The number of aromatic nitrogens is 1. The highest BCUT2D eigenvalue weighted by Gasteiger charge is 2.21. The van der Waals surface area contributed by atoms with Gasteiger partial charge in [0.15, 0.2) is 11.9 Å². The number of carbonyl (C=O) groups is 3. The summed E-state index contributed by atoms with van der Waals surface area (Å²) in [6.07, 6.45) is 0.599. The summed E-state index contributed by atoms with van der Waals surface area (Å²) in [5.74, 6) is -1.07. The van der Waals surface area contributed by atoms with Crippen molar-refractivity contribution in [2.24, 2.45) is 0 Å². The molecule has 0 saturated heterocycles. The van der Waals surface area contributed by atoms with Gasteiger partial charge in [-0.05, 0) is 44.2 Å². The van der Waals surface area contributed by atoms with Gasteiger partial charge in [0.05, 0.1) is 5.56 Å². The van der Waals surface area contributed by atoms with Crippen molar-refractivity contribution >= 4 is 34.3 Å². The van der Waals surface area contributed by atoms with Crippen LogP contribution in [0.4, 0.5) is 5.69 Å². The van der Waals surface area contributed by atoms with Crippen molar-refractivity contribution in [3.05, 3.63) is 65.9 Å². The largest absolute Gasteiger partial charge is 0.449 e. The van der Waals surface area contributed by atoms with Crippen LogP contribution in [0.25, 0.3) is 10.9 Å². The van der Waals surface area contributed by atoms with E-state index in [1.165, 1.54) is 13.8 Å². The molecule has 0 unspecified atom stereocenters. The second-order valence-electron chi connectivity index (χ2n) is 5.92. The molecule has 0 saturated carbocycles. The molecule has 0 aliphatic rings. The molecule has 132 valence electrons. The maximum atomic E-state index is 12.3. The molecule has 2 aromatic carbocycles. The van der Waals surface area contributed by atoms with Crippen molar-refractivity contribution in [2.75, 3.05) is 5.32 Å². The second-order valence-corrected chi connectivity index (χ2v) is 5.92. The Morgan fingerprint density at radius 1 is 1.04 bits per heavy atom. The maximum absolute atomic E-state index is 12.3. The van der Waals surface area contributed by atoms with E-state index in [2.05, 4.69) is 10.3 Å². The van der Waals surface area contributed by atoms with Crippen molar-refractivity contribution in [1.29, 1.82) is 0 Å². The van der Waals surface area contributed by atoms with Gasteiger partial charge in [-0.25, -0.2) is 4.79 Å². The zero-order valence-corrected chi connectivity index (χ0v) is 14.4. The standard InChI is InChI=1S/C20H18N2O4/c1-12(23)14-7-9-15(10-8-14)22-19(24)13(2)26-20(25)17-11-21-18-6-4-3-5-16(17)18/h3-11,13,21H,1-2H3,(H,22,24)/t13-/m0/s1. The highest BCUT2D eigenvalue weighted by atomic mass is 16.5. The predicted molar refractivity (Wildman–Crippen MR) is 98.3 cm³/mol. The number of amides is 1. The highest BCUT2D eigenvalue weighted by molar-refractivity contribution is 6.05. The van der Waals surface area contributed by atoms with Gasteiger partial charge in [-0.1, -0.05) is 18.2 Å². The molecule has 1 atom stereocenters. The van der Waals surface area contributed by atoms with Crippen LogP contribution in [-0.2, 0) is 9.53 Å². The van der Waals surface area contributed by atoms with Crippen molar-refractivity contribution in [3.63, 3.8) is 0 Å². The van der Waals surface area contributed by atoms with Crippen LogP contribution in [0.5, 0.6) is 0 Å². The molecule has 1 amide bonds. The van der Waals surface area contributed by atoms with E-state index in [1.54, 1.807) is 30.5 Å². The van der Waals surface area contributed by atoms with E-state index < -0.39 is 18.0 Å². The maximum Gasteiger partial charge on any atom is 0.341 e. The Bertz CT molecular complexity index is 973. The first-order valence-corrected chi connectivity index (χ1v) is 8.14. The number of para-hydroxylation sites is 1. The average Bonchev–Trinajstić information content (AvgIpc) is 3.06. The summed E-state index contributed by atoms with van der Waals surface area (Å²) < 4.78 is 5.27. The normalized spacial score (nSPS) is 11.8. The minimum atomic E-state index is -0.969. The molecule has 26 heavy (non-hydrogen) atoms. The van der Waals surface area contributed by atoms with E-state index >= 15 is 0 Å². The minimum absolute atomic E-state index is 0.0519. The Balaban J connectivity index is 1.65. The quantitative estimate of drug-likeness (QED) is 0.544. The first-order chi connectivity index (χ1) is 12.5. The molecule has 0 radical (unpaired) electrons. The summed E-state index contributed by atoms with van der Waals surface area (Å²) in [6, 6.07) is 13.9. The second kappa shape index (κ2) is 7.23. The smallest absolute Gasteiger partial charge is 0.341 e. The van der Waals surface area contributed by atoms with Gasteiger partial charge in [0.2, 0.25) is 0 Å². The number of hydrogen-bond donors (Lipinski definition) is 2. The molecule has 6 heteroatoms. The number of rotatable bonds is 5. The molecular weight excluding hydrogens is 332 g/mol. The van der Waals surface area contributed by atoms with Crippen LogP contribution in [0.2, 0.25) is 0 Å². The van der Waals surface area contributed by atoms with Crippen molar-refractivity contribution in [1.82, 2.24) is 4.98 Å². The third kappa shape index (κ3) is 3.64. The summed E-state index contributed by atoms with van der Waals surface area (Å²) in [7, 11) is 0. The van der Waals surface area contributed by atoms with E-state index in [1.807, 2.05) is 24.3 Å². The monoisotopic (exact) mass is 350 g/mol. The Morgan fingerprint density at radius 3 is 2.42 bits per heavy atom. The molecular formula is C20H18N2O4. The number of H-pyrrole nitrogens is 1. The molecule has 3 rings (SSSR count). The molecule has 0 aliphatic carbocycles. The third-order valence-electron chi connectivity index (χ3n) is 4.02. The Hall–Kier alpha value is -3.41. The fourth-order valence-corrected chi connectivity index (χ4v) is 2.55. The van der Waals surface area contributed by atoms with Gasteiger partial charge in [0.25, 0.3) is 5.91 Å². The fraction of sp³-hybridized carbons (Fsp3) is 0.150. The van der Waals surface area contributed by atoms with Crippen LogP contribution in [0.15, 0.2) is 54.7 Å². The summed E-state index contributed by atoms with van der Waals surface area (Å²) >= 11 is 0. The molecule has 0 bridgehead atoms. The number of fused-ring (bicyclic) bond motifs is 1. The molecule has 2 N–H and O–H groups in total. The molecule has 1 aromatic heterocycles. The molecule has 6 nitrogen and oxygen atoms in total. The van der Waals surface area contributed by atoms with Crippen LogP contribution >= 0.6 is 0 Å². The number of hydrogen-bond acceptors (Lipinski definition) is 4. The van der Waals surface area contributed by atoms with Crippen molar-refractivity contribution in [3.8, 4) is 0 Å². The summed E-state index contributed by atoms with van der Waals surface area (Å²) in [6.45, 7) is 2.98. The number of ketones is 1. The highest BCUT2D eigenvalue weighted by Crippen LogP contribution is 2.19. The van der Waals surface area contributed by atoms with E-state index in [9.17, 15) is 14.4 Å². The number of esters is 1. The van der Waals surface area contributed by atoms with Gasteiger partial charge in [-0.15, -0.1) is 0 Å². The summed E-state index contributed by atoms with van der Waals surface area (Å²) in [5, 5.41) is 3.40. The van der Waals surface area contributed by atoms with Crippen molar-refractivity contribution in [2.45, 2.75) is 20.0 Å². The average molecular weight is 350 g/mol. The summed E-state index contributed by atoms with van der Waals surface area (Å²) in [4.78, 5) is 38.8. The van der Waals surface area contributed by atoms with Gasteiger partial charge >= 0.3 is 5.97 Å². The van der Waals surface area contributed by atoms with Crippen LogP contribution in [0, 0.1) is 0 Å². The van der Waals surface area contributed by atoms with Gasteiger partial charge in [-0.2, -0.15) is 0 Å². The number of aromatic amines is 1. The zero-order valence-electron chi connectivity index (χ0n) is 14.4. The molecule has 1 heterocycles. The Kier molecular flexibility index (Phi) is 4.84. The summed E-state index contributed by atoms with van der Waals surface area (Å²) in [5.41, 5.74) is 2.28. The van der Waals surface area contributed by atoms with Gasteiger partial charge < -0.3 is 15.0 Å². The minimum Gasteiger partial charge on any atom is -0.449 e. The van der Waals surface area contributed by atoms with Crippen LogP contribution < -0.4 is 5.32 Å². The van der Waals surface area contributed by atoms with Crippen LogP contribution in [0.1, 0.15) is 34.6 Å². The number of Topliss-reactive ketones (excluding diaryl/α,β-unsaturated/α-hetero) is 1. The Labute approximate surface area is 150 Å². The molecule has 3 aromatic rings. The van der Waals surface area contributed by atoms with Crippen LogP contribution in [-0.4, -0.2) is 28.7 Å². The van der Waals surface area contributed by atoms with E-state index in [0.717, 1.165) is 10.9 Å². The SMILES string of the molecule is CC(=O)c1ccc(NC(=O)[C@H](C)OC(=O)c2c[nH]c3ccccc23)cc1. The topological polar surface area (TPSA) is 88.3 Å². The van der Waals surface area contributed by atoms with E-state index in [0.29, 0.717) is 16.8 Å². The fourth-order valence-electron chi connectivity index (χ4n) is 2.55. The lowest BCUT2D eigenvalue weighted by Gasteiger charge is -2.13. The zero-order chi connectivity index (χ0) is 18.7. The number of carbonyl (C=O) groups excluding carboxylic acids is 3. The van der Waals surface area contributed by atoms with E-state index in [4.69, 9.17) is 4.74 Å². The van der Waals surface area contributed by atoms with Gasteiger partial charge in [0.1, 0.15) is 0 Å². The van der Waals surface area contributed by atoms with Gasteiger partial charge in [-0.3, -0.25) is 9.59 Å². The first kappa shape index (κ1) is 17.4. The first-order valence-electron chi connectivity index (χ1n) is 8.14. The lowest BCUT2D eigenvalue weighted by molar-refractivity contribution is -0.123. The Morgan fingerprint density at radius 2 is 1.73 bits per heavy atom. The third-order valence-corrected chi connectivity index (χ3v) is 4.02. The number of nitrogens with one attached hydrogen (secondary N) is 2. The predicted octanol–water partition coefficient (Wildman–Crippen LogP) is 3.55. The number of anilines is 1. The molecule has 0 spiro atoms. The number of benzene rings is 2. The lowest BCUT2D eigenvalue weighted by atomic mass is 10.1. The van der Waals surface area contributed by atoms with Crippen LogP contribution in [0.3, 0.4) is 0 Å². The number of ether oxygens (including phenoxy) is 1. The van der Waals surface area contributed by atoms with Gasteiger partial charge in [0, 0.05) is 28.4 Å².